The molecule has 0 bridgehead atoms. The average molecular weight is 510 g/mol. The number of Topliss-reactive ketones (excluding diaryl/α,β-unsaturated/α-hetero) is 1. The smallest absolute Gasteiger partial charge is 0.415 e. The maximum absolute atomic E-state index is 12.9. The molecule has 1 aliphatic rings. The molecule has 2 aromatic rings. The molecule has 0 aromatic heterocycles. The van der Waals surface area contributed by atoms with Crippen molar-refractivity contribution in [3.05, 3.63) is 59.7 Å². The minimum Gasteiger partial charge on any atom is -0.466 e. The Kier molecular flexibility index (Phi) is 9.09. The maximum Gasteiger partial charge on any atom is 0.415 e. The Morgan fingerprint density at radius 2 is 1.54 bits per heavy atom. The number of ketones is 1. The lowest BCUT2D eigenvalue weighted by Gasteiger charge is -2.11. The summed E-state index contributed by atoms with van der Waals surface area (Å²) in [6.07, 6.45) is -0.751. The molecule has 37 heavy (non-hydrogen) atoms. The quantitative estimate of drug-likeness (QED) is 0.153. The van der Waals surface area contributed by atoms with E-state index in [0.717, 1.165) is 11.1 Å². The fourth-order valence-electron chi connectivity index (χ4n) is 3.74. The van der Waals surface area contributed by atoms with Crippen molar-refractivity contribution >= 4 is 35.6 Å². The van der Waals surface area contributed by atoms with Gasteiger partial charge in [-0.25, -0.2) is 4.79 Å². The molecule has 11 heteroatoms. The number of hydrogen-bond donors (Lipinski definition) is 3. The van der Waals surface area contributed by atoms with Gasteiger partial charge in [0.15, 0.2) is 5.78 Å². The van der Waals surface area contributed by atoms with Gasteiger partial charge in [0.25, 0.3) is 0 Å². The molecule has 2 atom stereocenters. The Morgan fingerprint density at radius 1 is 0.946 bits per heavy atom. The van der Waals surface area contributed by atoms with E-state index < -0.39 is 36.8 Å². The number of nitrogens with one attached hydrogen (secondary N) is 3. The van der Waals surface area contributed by atoms with Gasteiger partial charge in [-0.2, -0.15) is 0 Å². The number of carbonyl (C=O) groups is 5. The highest BCUT2D eigenvalue weighted by Gasteiger charge is 2.37. The molecule has 0 saturated carbocycles. The fraction of sp³-hybridized carbons (Fsp3) is 0.308. The van der Waals surface area contributed by atoms with E-state index in [1.54, 1.807) is 55.5 Å². The summed E-state index contributed by atoms with van der Waals surface area (Å²) in [4.78, 5) is 59.1. The number of amidine groups is 1. The molecule has 0 aliphatic carbocycles. The third kappa shape index (κ3) is 7.47. The van der Waals surface area contributed by atoms with Gasteiger partial charge in [0, 0.05) is 18.1 Å². The van der Waals surface area contributed by atoms with E-state index in [9.17, 15) is 24.0 Å². The molecule has 0 unspecified atom stereocenters. The van der Waals surface area contributed by atoms with Gasteiger partial charge in [0.1, 0.15) is 5.84 Å². The van der Waals surface area contributed by atoms with Gasteiger partial charge in [-0.05, 0) is 24.5 Å². The predicted octanol–water partition coefficient (Wildman–Crippen LogP) is 2.57. The van der Waals surface area contributed by atoms with Crippen molar-refractivity contribution in [3.63, 3.8) is 0 Å². The molecule has 3 rings (SSSR count). The lowest BCUT2D eigenvalue weighted by atomic mass is 9.95. The summed E-state index contributed by atoms with van der Waals surface area (Å²) >= 11 is 0. The third-order valence-electron chi connectivity index (χ3n) is 5.60. The van der Waals surface area contributed by atoms with Crippen LogP contribution in [-0.2, 0) is 28.6 Å². The zero-order chi connectivity index (χ0) is 26.9. The second-order valence-corrected chi connectivity index (χ2v) is 8.21. The summed E-state index contributed by atoms with van der Waals surface area (Å²) in [7, 11) is 0. The second-order valence-electron chi connectivity index (χ2n) is 8.21. The lowest BCUT2D eigenvalue weighted by molar-refractivity contribution is -0.149. The van der Waals surface area contributed by atoms with Gasteiger partial charge in [-0.15, -0.1) is 0 Å². The molecule has 1 saturated heterocycles. The summed E-state index contributed by atoms with van der Waals surface area (Å²) in [6.45, 7) is 2.55. The average Bonchev–Trinajstić information content (AvgIpc) is 3.23. The van der Waals surface area contributed by atoms with Crippen molar-refractivity contribution in [3.8, 4) is 11.1 Å². The van der Waals surface area contributed by atoms with Crippen LogP contribution in [0.1, 0.15) is 42.6 Å². The molecule has 1 heterocycles. The van der Waals surface area contributed by atoms with Crippen LogP contribution in [-0.4, -0.2) is 55.0 Å². The van der Waals surface area contributed by atoms with Crippen molar-refractivity contribution in [2.45, 2.75) is 32.7 Å². The number of alkyl carbamates (subject to hydrolysis) is 1. The molecular weight excluding hydrogens is 482 g/mol. The largest absolute Gasteiger partial charge is 0.466 e. The predicted molar refractivity (Wildman–Crippen MR) is 131 cm³/mol. The molecule has 0 radical (unpaired) electrons. The number of ether oxygens (including phenoxy) is 3. The first-order chi connectivity index (χ1) is 17.7. The van der Waals surface area contributed by atoms with Gasteiger partial charge < -0.3 is 19.5 Å². The molecule has 2 aromatic carbocycles. The van der Waals surface area contributed by atoms with Gasteiger partial charge in [-0.3, -0.25) is 29.9 Å². The van der Waals surface area contributed by atoms with Crippen LogP contribution in [0.4, 0.5) is 4.79 Å². The van der Waals surface area contributed by atoms with Crippen LogP contribution in [0, 0.1) is 11.3 Å². The second kappa shape index (κ2) is 12.4. The number of hydrogen-bond acceptors (Lipinski definition) is 9. The topological polar surface area (TPSA) is 161 Å². The van der Waals surface area contributed by atoms with E-state index in [2.05, 4.69) is 20.1 Å². The van der Waals surface area contributed by atoms with Crippen LogP contribution in [0.2, 0.25) is 0 Å². The zero-order valence-electron chi connectivity index (χ0n) is 20.4. The first-order valence-electron chi connectivity index (χ1n) is 11.5. The van der Waals surface area contributed by atoms with Crippen LogP contribution < -0.4 is 10.6 Å². The minimum atomic E-state index is -0.929. The highest BCUT2D eigenvalue weighted by molar-refractivity contribution is 6.05. The highest BCUT2D eigenvalue weighted by Crippen LogP contribution is 2.25. The number of carbonyl (C=O) groups excluding carboxylic acids is 5. The SMILES string of the molecule is CCOC(=O)C[C@@H]1C[C@@H](C(=O)c2ccc(-c3ccc(C(=N)NC(=O)OCOC(C)=O)cc3)cc2)NC1=O. The molecule has 1 aliphatic heterocycles. The zero-order valence-corrected chi connectivity index (χ0v) is 20.4. The summed E-state index contributed by atoms with van der Waals surface area (Å²) in [5.74, 6) is -2.41. The fourth-order valence-corrected chi connectivity index (χ4v) is 3.74. The molecule has 2 amide bonds. The maximum atomic E-state index is 12.9. The van der Waals surface area contributed by atoms with E-state index in [4.69, 9.17) is 10.1 Å². The lowest BCUT2D eigenvalue weighted by Crippen LogP contribution is -2.33. The highest BCUT2D eigenvalue weighted by atomic mass is 16.7. The summed E-state index contributed by atoms with van der Waals surface area (Å²) in [6, 6.07) is 13.0. The van der Waals surface area contributed by atoms with E-state index in [1.165, 1.54) is 6.92 Å². The molecular formula is C26H27N3O8. The van der Waals surface area contributed by atoms with Crippen molar-refractivity contribution in [1.29, 1.82) is 5.41 Å². The van der Waals surface area contributed by atoms with Crippen LogP contribution in [0.15, 0.2) is 48.5 Å². The van der Waals surface area contributed by atoms with E-state index >= 15 is 0 Å². The van der Waals surface area contributed by atoms with Gasteiger partial charge in [-0.1, -0.05) is 48.5 Å². The van der Waals surface area contributed by atoms with Crippen LogP contribution in [0.25, 0.3) is 11.1 Å². The summed E-state index contributed by atoms with van der Waals surface area (Å²) < 4.78 is 14.0. The van der Waals surface area contributed by atoms with Gasteiger partial charge >= 0.3 is 18.0 Å². The van der Waals surface area contributed by atoms with Crippen molar-refractivity contribution < 1.29 is 38.2 Å². The van der Waals surface area contributed by atoms with Gasteiger partial charge in [0.05, 0.1) is 25.0 Å². The Balaban J connectivity index is 1.57. The molecule has 1 fully saturated rings. The molecule has 194 valence electrons. The first kappa shape index (κ1) is 27.1. The van der Waals surface area contributed by atoms with Crippen molar-refractivity contribution in [2.24, 2.45) is 5.92 Å². The van der Waals surface area contributed by atoms with E-state index in [-0.39, 0.29) is 37.0 Å². The standard InChI is InChI=1S/C26H27N3O8/c1-3-35-22(31)13-20-12-21(28-25(20)33)23(32)18-8-4-16(5-9-18)17-6-10-19(11-7-17)24(27)29-26(34)37-14-36-15(2)30/h4-11,20-21H,3,12-14H2,1-2H3,(H,28,33)(H2,27,29,34)/t20-,21-/m0/s1. The first-order valence-corrected chi connectivity index (χ1v) is 11.5. The Hall–Kier alpha value is -4.54. The van der Waals surface area contributed by atoms with E-state index in [0.29, 0.717) is 11.1 Å². The van der Waals surface area contributed by atoms with Crippen molar-refractivity contribution in [1.82, 2.24) is 10.6 Å². The number of rotatable bonds is 9. The normalized spacial score (nSPS) is 16.3. The Morgan fingerprint density at radius 3 is 2.11 bits per heavy atom. The monoisotopic (exact) mass is 509 g/mol. The Labute approximate surface area is 213 Å². The summed E-state index contributed by atoms with van der Waals surface area (Å²) in [5.41, 5.74) is 2.49. The van der Waals surface area contributed by atoms with Crippen LogP contribution >= 0.6 is 0 Å². The molecule has 0 spiro atoms. The van der Waals surface area contributed by atoms with Crippen molar-refractivity contribution in [2.75, 3.05) is 13.4 Å². The number of amides is 2. The third-order valence-corrected chi connectivity index (χ3v) is 5.60. The van der Waals surface area contributed by atoms with Crippen LogP contribution in [0.3, 0.4) is 0 Å². The van der Waals surface area contributed by atoms with Gasteiger partial charge in [0.2, 0.25) is 12.7 Å². The number of benzene rings is 2. The molecule has 11 nitrogen and oxygen atoms in total. The molecule has 3 N–H and O–H groups in total. The van der Waals surface area contributed by atoms with E-state index in [1.807, 2.05) is 0 Å². The number of esters is 2. The minimum absolute atomic E-state index is 0.0547. The summed E-state index contributed by atoms with van der Waals surface area (Å²) in [5, 5.41) is 12.9. The Bertz CT molecular complexity index is 1190. The van der Waals surface area contributed by atoms with Crippen LogP contribution in [0.5, 0.6) is 0 Å².